The van der Waals surface area contributed by atoms with Crippen LogP contribution in [0.4, 0.5) is 4.39 Å². The summed E-state index contributed by atoms with van der Waals surface area (Å²) in [7, 11) is 0. The highest BCUT2D eigenvalue weighted by Crippen LogP contribution is 2.11. The quantitative estimate of drug-likeness (QED) is 0.809. The Morgan fingerprint density at radius 2 is 1.79 bits per heavy atom. The summed E-state index contributed by atoms with van der Waals surface area (Å²) in [5.74, 6) is -0.248. The van der Waals surface area contributed by atoms with Crippen molar-refractivity contribution in [1.29, 1.82) is 0 Å². The lowest BCUT2D eigenvalue weighted by molar-refractivity contribution is 0.121. The number of halogens is 1. The summed E-state index contributed by atoms with van der Waals surface area (Å²) < 4.78 is 19.2. The topological polar surface area (TPSA) is 35.2 Å². The van der Waals surface area contributed by atoms with Gasteiger partial charge in [0.2, 0.25) is 0 Å². The molecule has 0 saturated carbocycles. The number of ether oxygens (including phenoxy) is 1. The van der Waals surface area contributed by atoms with E-state index in [0.29, 0.717) is 25.3 Å². The summed E-state index contributed by atoms with van der Waals surface area (Å²) in [6.45, 7) is 1.23. The Hall–Kier alpha value is -1.71. The Bertz CT molecular complexity index is 513. The molecule has 19 heavy (non-hydrogen) atoms. The van der Waals surface area contributed by atoms with E-state index in [9.17, 15) is 4.39 Å². The number of hydrogen-bond donors (Lipinski definition) is 1. The van der Waals surface area contributed by atoms with Crippen molar-refractivity contribution >= 4 is 0 Å². The molecule has 2 rings (SSSR count). The monoisotopic (exact) mass is 259 g/mol. The van der Waals surface area contributed by atoms with Crippen LogP contribution in [-0.2, 0) is 24.3 Å². The summed E-state index contributed by atoms with van der Waals surface area (Å²) >= 11 is 0. The van der Waals surface area contributed by atoms with Crippen LogP contribution in [0.15, 0.2) is 48.5 Å². The van der Waals surface area contributed by atoms with Crippen LogP contribution >= 0.6 is 0 Å². The number of hydrogen-bond acceptors (Lipinski definition) is 2. The molecule has 0 unspecified atom stereocenters. The second kappa shape index (κ2) is 7.02. The minimum Gasteiger partial charge on any atom is -0.376 e. The van der Waals surface area contributed by atoms with Crippen molar-refractivity contribution in [3.05, 3.63) is 71.0 Å². The van der Waals surface area contributed by atoms with Gasteiger partial charge in [-0.3, -0.25) is 0 Å². The molecule has 2 aromatic carbocycles. The highest BCUT2D eigenvalue weighted by Gasteiger charge is 2.03. The first-order valence-electron chi connectivity index (χ1n) is 6.38. The van der Waals surface area contributed by atoms with Crippen LogP contribution in [0, 0.1) is 5.82 Å². The van der Waals surface area contributed by atoms with E-state index in [1.807, 2.05) is 24.3 Å². The SMILES string of the molecule is NCc1ccc(COCCc2ccccc2)c(F)c1. The van der Waals surface area contributed by atoms with E-state index in [4.69, 9.17) is 10.5 Å². The van der Waals surface area contributed by atoms with Crippen LogP contribution in [0.2, 0.25) is 0 Å². The zero-order valence-electron chi connectivity index (χ0n) is 10.8. The van der Waals surface area contributed by atoms with Crippen molar-refractivity contribution in [3.63, 3.8) is 0 Å². The Morgan fingerprint density at radius 3 is 2.47 bits per heavy atom. The maximum atomic E-state index is 13.7. The van der Waals surface area contributed by atoms with E-state index in [-0.39, 0.29) is 5.82 Å². The lowest BCUT2D eigenvalue weighted by Crippen LogP contribution is -2.02. The molecule has 2 nitrogen and oxygen atoms in total. The van der Waals surface area contributed by atoms with Gasteiger partial charge in [-0.2, -0.15) is 0 Å². The van der Waals surface area contributed by atoms with Crippen molar-refractivity contribution in [1.82, 2.24) is 0 Å². The van der Waals surface area contributed by atoms with Crippen molar-refractivity contribution in [2.45, 2.75) is 19.6 Å². The van der Waals surface area contributed by atoms with Gasteiger partial charge in [-0.1, -0.05) is 42.5 Å². The highest BCUT2D eigenvalue weighted by molar-refractivity contribution is 5.23. The lowest BCUT2D eigenvalue weighted by Gasteiger charge is -2.07. The molecule has 0 radical (unpaired) electrons. The maximum absolute atomic E-state index is 13.7. The second-order valence-electron chi connectivity index (χ2n) is 4.42. The number of nitrogens with two attached hydrogens (primary N) is 1. The van der Waals surface area contributed by atoms with Crippen LogP contribution in [-0.4, -0.2) is 6.61 Å². The molecular formula is C16H18FNO. The molecule has 0 aliphatic rings. The molecule has 0 spiro atoms. The molecule has 100 valence electrons. The smallest absolute Gasteiger partial charge is 0.129 e. The summed E-state index contributed by atoms with van der Waals surface area (Å²) in [4.78, 5) is 0. The minimum atomic E-state index is -0.248. The molecular weight excluding hydrogens is 241 g/mol. The first-order valence-corrected chi connectivity index (χ1v) is 6.38. The molecule has 3 heteroatoms. The number of benzene rings is 2. The van der Waals surface area contributed by atoms with E-state index in [1.54, 1.807) is 6.07 Å². The summed E-state index contributed by atoms with van der Waals surface area (Å²) in [6, 6.07) is 15.1. The predicted octanol–water partition coefficient (Wildman–Crippen LogP) is 3.04. The van der Waals surface area contributed by atoms with Crippen LogP contribution < -0.4 is 5.73 Å². The van der Waals surface area contributed by atoms with Crippen LogP contribution in [0.3, 0.4) is 0 Å². The van der Waals surface area contributed by atoms with Gasteiger partial charge in [0.25, 0.3) is 0 Å². The molecule has 0 aliphatic heterocycles. The highest BCUT2D eigenvalue weighted by atomic mass is 19.1. The maximum Gasteiger partial charge on any atom is 0.129 e. The fourth-order valence-electron chi connectivity index (χ4n) is 1.85. The first kappa shape index (κ1) is 13.7. The molecule has 0 bridgehead atoms. The Labute approximate surface area is 113 Å². The van der Waals surface area contributed by atoms with E-state index in [0.717, 1.165) is 12.0 Å². The molecule has 0 atom stereocenters. The first-order chi connectivity index (χ1) is 9.29. The predicted molar refractivity (Wildman–Crippen MR) is 74.1 cm³/mol. The largest absolute Gasteiger partial charge is 0.376 e. The molecule has 2 N–H and O–H groups in total. The summed E-state index contributed by atoms with van der Waals surface area (Å²) in [5, 5.41) is 0. The Kier molecular flexibility index (Phi) is 5.07. The average Bonchev–Trinajstić information content (AvgIpc) is 2.46. The average molecular weight is 259 g/mol. The van der Waals surface area contributed by atoms with E-state index >= 15 is 0 Å². The minimum absolute atomic E-state index is 0.248. The van der Waals surface area contributed by atoms with E-state index < -0.39 is 0 Å². The molecule has 0 amide bonds. The van der Waals surface area contributed by atoms with Gasteiger partial charge >= 0.3 is 0 Å². The van der Waals surface area contributed by atoms with Crippen molar-refractivity contribution in [2.75, 3.05) is 6.61 Å². The van der Waals surface area contributed by atoms with Gasteiger partial charge in [-0.15, -0.1) is 0 Å². The van der Waals surface area contributed by atoms with Gasteiger partial charge in [0.1, 0.15) is 5.82 Å². The van der Waals surface area contributed by atoms with Crippen LogP contribution in [0.25, 0.3) is 0 Å². The van der Waals surface area contributed by atoms with E-state index in [1.165, 1.54) is 11.6 Å². The molecule has 0 saturated heterocycles. The molecule has 2 aromatic rings. The van der Waals surface area contributed by atoms with Crippen LogP contribution in [0.5, 0.6) is 0 Å². The summed E-state index contributed by atoms with van der Waals surface area (Å²) in [5.41, 5.74) is 8.05. The van der Waals surface area contributed by atoms with Crippen molar-refractivity contribution < 1.29 is 9.13 Å². The number of rotatable bonds is 6. The van der Waals surface area contributed by atoms with Gasteiger partial charge < -0.3 is 10.5 Å². The normalized spacial score (nSPS) is 10.6. The van der Waals surface area contributed by atoms with Gasteiger partial charge in [0.05, 0.1) is 13.2 Å². The van der Waals surface area contributed by atoms with Gasteiger partial charge in [-0.25, -0.2) is 4.39 Å². The lowest BCUT2D eigenvalue weighted by atomic mass is 10.1. The van der Waals surface area contributed by atoms with Gasteiger partial charge in [0.15, 0.2) is 0 Å². The molecule has 0 aromatic heterocycles. The Balaban J connectivity index is 1.80. The molecule has 0 heterocycles. The third-order valence-electron chi connectivity index (χ3n) is 2.99. The van der Waals surface area contributed by atoms with Crippen molar-refractivity contribution in [2.24, 2.45) is 5.73 Å². The zero-order chi connectivity index (χ0) is 13.5. The third kappa shape index (κ3) is 4.16. The third-order valence-corrected chi connectivity index (χ3v) is 2.99. The summed E-state index contributed by atoms with van der Waals surface area (Å²) in [6.07, 6.45) is 0.837. The molecule has 0 aliphatic carbocycles. The van der Waals surface area contributed by atoms with Gasteiger partial charge in [0, 0.05) is 12.1 Å². The fraction of sp³-hybridized carbons (Fsp3) is 0.250. The van der Waals surface area contributed by atoms with Crippen molar-refractivity contribution in [3.8, 4) is 0 Å². The Morgan fingerprint density at radius 1 is 1.00 bits per heavy atom. The molecule has 0 fully saturated rings. The van der Waals surface area contributed by atoms with Crippen LogP contribution in [0.1, 0.15) is 16.7 Å². The second-order valence-corrected chi connectivity index (χ2v) is 4.42. The zero-order valence-corrected chi connectivity index (χ0v) is 10.8. The van der Waals surface area contributed by atoms with E-state index in [2.05, 4.69) is 12.1 Å². The van der Waals surface area contributed by atoms with Gasteiger partial charge in [-0.05, 0) is 23.6 Å². The standard InChI is InChI=1S/C16H18FNO/c17-16-10-14(11-18)6-7-15(16)12-19-9-8-13-4-2-1-3-5-13/h1-7,10H,8-9,11-12,18H2. The fourth-order valence-corrected chi connectivity index (χ4v) is 1.85.